The van der Waals surface area contributed by atoms with Gasteiger partial charge in [-0.3, -0.25) is 9.59 Å². The van der Waals surface area contributed by atoms with Crippen molar-refractivity contribution >= 4 is 17.5 Å². The quantitative estimate of drug-likeness (QED) is 0.870. The number of para-hydroxylation sites is 1. The number of hydrogen-bond donors (Lipinski definition) is 1. The molecule has 0 unspecified atom stereocenters. The van der Waals surface area contributed by atoms with Crippen molar-refractivity contribution < 1.29 is 9.59 Å². The number of likely N-dealkylation sites (N-methyl/N-ethyl adjacent to an activating group) is 1. The molecule has 4 nitrogen and oxygen atoms in total. The summed E-state index contributed by atoms with van der Waals surface area (Å²) < 4.78 is 0. The Kier molecular flexibility index (Phi) is 3.11. The number of anilines is 1. The van der Waals surface area contributed by atoms with Crippen molar-refractivity contribution in [2.24, 2.45) is 0 Å². The van der Waals surface area contributed by atoms with E-state index >= 15 is 0 Å². The van der Waals surface area contributed by atoms with Crippen molar-refractivity contribution in [2.45, 2.75) is 32.2 Å². The van der Waals surface area contributed by atoms with Crippen LogP contribution in [0, 0.1) is 0 Å². The molecule has 0 aromatic heterocycles. The number of benzene rings is 1. The van der Waals surface area contributed by atoms with E-state index in [9.17, 15) is 9.59 Å². The predicted molar refractivity (Wildman–Crippen MR) is 70.5 cm³/mol. The Labute approximate surface area is 107 Å². The number of carbonyl (C=O) groups excluding carboxylic acids is 2. The Bertz CT molecular complexity index is 498. The van der Waals surface area contributed by atoms with Crippen LogP contribution in [-0.4, -0.2) is 29.3 Å². The van der Waals surface area contributed by atoms with Gasteiger partial charge in [0, 0.05) is 7.05 Å². The molecule has 0 saturated carbocycles. The molecular formula is C14H18N2O2. The molecule has 1 aromatic carbocycles. The van der Waals surface area contributed by atoms with E-state index < -0.39 is 5.54 Å². The lowest BCUT2D eigenvalue weighted by Gasteiger charge is -2.35. The van der Waals surface area contributed by atoms with Crippen molar-refractivity contribution in [3.05, 3.63) is 29.8 Å². The van der Waals surface area contributed by atoms with Crippen molar-refractivity contribution in [3.63, 3.8) is 0 Å². The van der Waals surface area contributed by atoms with Crippen LogP contribution >= 0.6 is 0 Å². The number of nitrogens with one attached hydrogen (secondary N) is 1. The third kappa shape index (κ3) is 1.78. The molecule has 1 aliphatic rings. The number of amides is 2. The van der Waals surface area contributed by atoms with Crippen LogP contribution in [0.2, 0.25) is 0 Å². The maximum atomic E-state index is 12.4. The first-order chi connectivity index (χ1) is 8.50. The van der Waals surface area contributed by atoms with Gasteiger partial charge in [0.2, 0.25) is 5.91 Å². The van der Waals surface area contributed by atoms with Crippen LogP contribution in [0.3, 0.4) is 0 Å². The lowest BCUT2D eigenvalue weighted by molar-refractivity contribution is -0.125. The molecule has 0 radical (unpaired) electrons. The van der Waals surface area contributed by atoms with E-state index in [1.807, 2.05) is 19.9 Å². The van der Waals surface area contributed by atoms with Crippen LogP contribution < -0.4 is 5.32 Å². The summed E-state index contributed by atoms with van der Waals surface area (Å²) in [6.45, 7) is 3.82. The minimum absolute atomic E-state index is 0.111. The van der Waals surface area contributed by atoms with E-state index in [0.29, 0.717) is 17.7 Å². The summed E-state index contributed by atoms with van der Waals surface area (Å²) in [6.07, 6.45) is 1.49. The molecule has 0 spiro atoms. The zero-order valence-electron chi connectivity index (χ0n) is 11.0. The Morgan fingerprint density at radius 2 is 1.94 bits per heavy atom. The van der Waals surface area contributed by atoms with Crippen molar-refractivity contribution in [2.75, 3.05) is 12.4 Å². The molecule has 4 heteroatoms. The lowest BCUT2D eigenvalue weighted by atomic mass is 9.93. The molecule has 0 aliphatic carbocycles. The van der Waals surface area contributed by atoms with Gasteiger partial charge in [-0.2, -0.15) is 0 Å². The molecule has 1 atom stereocenters. The van der Waals surface area contributed by atoms with E-state index in [0.717, 1.165) is 6.42 Å². The van der Waals surface area contributed by atoms with Gasteiger partial charge in [-0.25, -0.2) is 0 Å². The number of carbonyl (C=O) groups is 2. The SMILES string of the molecule is CCC[C@]1(C)C(=O)Nc2ccccc2C(=O)N1C. The van der Waals surface area contributed by atoms with E-state index in [4.69, 9.17) is 0 Å². The summed E-state index contributed by atoms with van der Waals surface area (Å²) in [5.74, 6) is -0.231. The highest BCUT2D eigenvalue weighted by Crippen LogP contribution is 2.30. The molecule has 0 saturated heterocycles. The average Bonchev–Trinajstić information content (AvgIpc) is 2.43. The number of rotatable bonds is 2. The van der Waals surface area contributed by atoms with Crippen LogP contribution in [0.5, 0.6) is 0 Å². The lowest BCUT2D eigenvalue weighted by Crippen LogP contribution is -2.53. The van der Waals surface area contributed by atoms with E-state index in [1.54, 1.807) is 30.1 Å². The summed E-state index contributed by atoms with van der Waals surface area (Å²) in [5, 5.41) is 2.86. The standard InChI is InChI=1S/C14H18N2O2/c1-4-9-14(2)13(18)15-11-8-6-5-7-10(11)12(17)16(14)3/h5-8H,4,9H2,1-3H3,(H,15,18)/t14-/m1/s1. The minimum Gasteiger partial charge on any atom is -0.327 e. The summed E-state index contributed by atoms with van der Waals surface area (Å²) in [7, 11) is 1.69. The molecule has 2 rings (SSSR count). The van der Waals surface area contributed by atoms with Crippen molar-refractivity contribution in [1.82, 2.24) is 4.90 Å². The summed E-state index contributed by atoms with van der Waals surface area (Å²) >= 11 is 0. The third-order valence-electron chi connectivity index (χ3n) is 3.68. The second kappa shape index (κ2) is 4.44. The topological polar surface area (TPSA) is 49.4 Å². The highest BCUT2D eigenvalue weighted by atomic mass is 16.2. The summed E-state index contributed by atoms with van der Waals surface area (Å²) in [5.41, 5.74) is 0.359. The van der Waals surface area contributed by atoms with E-state index in [2.05, 4.69) is 5.32 Å². The summed E-state index contributed by atoms with van der Waals surface area (Å²) in [4.78, 5) is 26.3. The first kappa shape index (κ1) is 12.6. The fourth-order valence-electron chi connectivity index (χ4n) is 2.36. The van der Waals surface area contributed by atoms with Crippen molar-refractivity contribution in [1.29, 1.82) is 0 Å². The highest BCUT2D eigenvalue weighted by Gasteiger charge is 2.42. The average molecular weight is 246 g/mol. The van der Waals surface area contributed by atoms with Crippen LogP contribution in [-0.2, 0) is 4.79 Å². The zero-order chi connectivity index (χ0) is 13.3. The van der Waals surface area contributed by atoms with Crippen LogP contribution in [0.15, 0.2) is 24.3 Å². The number of hydrogen-bond acceptors (Lipinski definition) is 2. The fourth-order valence-corrected chi connectivity index (χ4v) is 2.36. The van der Waals surface area contributed by atoms with E-state index in [1.165, 1.54) is 0 Å². The van der Waals surface area contributed by atoms with Gasteiger partial charge in [0.05, 0.1) is 11.3 Å². The number of nitrogens with zero attached hydrogens (tertiary/aromatic N) is 1. The Morgan fingerprint density at radius 3 is 2.61 bits per heavy atom. The molecule has 1 aliphatic heterocycles. The first-order valence-corrected chi connectivity index (χ1v) is 6.19. The van der Waals surface area contributed by atoms with Gasteiger partial charge < -0.3 is 10.2 Å². The maximum absolute atomic E-state index is 12.4. The monoisotopic (exact) mass is 246 g/mol. The molecule has 1 heterocycles. The van der Waals surface area contributed by atoms with Gasteiger partial charge in [-0.05, 0) is 25.5 Å². The maximum Gasteiger partial charge on any atom is 0.256 e. The molecular weight excluding hydrogens is 228 g/mol. The van der Waals surface area contributed by atoms with Gasteiger partial charge >= 0.3 is 0 Å². The van der Waals surface area contributed by atoms with Gasteiger partial charge in [-0.1, -0.05) is 25.5 Å². The van der Waals surface area contributed by atoms with Crippen molar-refractivity contribution in [3.8, 4) is 0 Å². The van der Waals surface area contributed by atoms with Crippen LogP contribution in [0.1, 0.15) is 37.0 Å². The zero-order valence-corrected chi connectivity index (χ0v) is 11.0. The third-order valence-corrected chi connectivity index (χ3v) is 3.68. The van der Waals surface area contributed by atoms with Gasteiger partial charge in [-0.15, -0.1) is 0 Å². The Hall–Kier alpha value is -1.84. The minimum atomic E-state index is -0.787. The molecule has 96 valence electrons. The van der Waals surface area contributed by atoms with Gasteiger partial charge in [0.1, 0.15) is 5.54 Å². The second-order valence-electron chi connectivity index (χ2n) is 4.89. The highest BCUT2D eigenvalue weighted by molar-refractivity contribution is 6.11. The van der Waals surface area contributed by atoms with Crippen LogP contribution in [0.4, 0.5) is 5.69 Å². The molecule has 1 aromatic rings. The van der Waals surface area contributed by atoms with Gasteiger partial charge in [0.15, 0.2) is 0 Å². The van der Waals surface area contributed by atoms with Gasteiger partial charge in [0.25, 0.3) is 5.91 Å². The normalized spacial score (nSPS) is 23.4. The summed E-state index contributed by atoms with van der Waals surface area (Å²) in [6, 6.07) is 7.12. The molecule has 0 bridgehead atoms. The second-order valence-corrected chi connectivity index (χ2v) is 4.89. The van der Waals surface area contributed by atoms with Crippen LogP contribution in [0.25, 0.3) is 0 Å². The fraction of sp³-hybridized carbons (Fsp3) is 0.429. The predicted octanol–water partition coefficient (Wildman–Crippen LogP) is 2.27. The largest absolute Gasteiger partial charge is 0.327 e. The Balaban J connectivity index is 2.51. The number of fused-ring (bicyclic) bond motifs is 1. The Morgan fingerprint density at radius 1 is 1.28 bits per heavy atom. The molecule has 2 amide bonds. The molecule has 0 fully saturated rings. The first-order valence-electron chi connectivity index (χ1n) is 6.19. The molecule has 1 N–H and O–H groups in total. The van der Waals surface area contributed by atoms with E-state index in [-0.39, 0.29) is 11.8 Å². The smallest absolute Gasteiger partial charge is 0.256 e. The molecule has 18 heavy (non-hydrogen) atoms.